The Balaban J connectivity index is 1.94. The number of likely N-dealkylation sites (tertiary alicyclic amines) is 1. The lowest BCUT2D eigenvalue weighted by Gasteiger charge is -2.22. The maximum Gasteiger partial charge on any atom is 0.425 e. The fourth-order valence-corrected chi connectivity index (χ4v) is 3.29. The average Bonchev–Trinajstić information content (AvgIpc) is 3.18. The molecular weight excluding hydrogens is 492 g/mol. The molecule has 1 saturated heterocycles. The van der Waals surface area contributed by atoms with Gasteiger partial charge in [-0.05, 0) is 31.5 Å². The molecule has 2 atom stereocenters. The molecule has 1 aliphatic rings. The monoisotopic (exact) mass is 509 g/mol. The van der Waals surface area contributed by atoms with Gasteiger partial charge in [0.15, 0.2) is 6.10 Å². The van der Waals surface area contributed by atoms with Gasteiger partial charge in [0.25, 0.3) is 5.91 Å². The molecule has 1 fully saturated rings. The Kier molecular flexibility index (Phi) is 7.49. The third-order valence-corrected chi connectivity index (χ3v) is 5.25. The van der Waals surface area contributed by atoms with E-state index in [0.717, 1.165) is 11.0 Å². The lowest BCUT2D eigenvalue weighted by Crippen LogP contribution is -2.34. The second-order valence-corrected chi connectivity index (χ2v) is 7.85. The van der Waals surface area contributed by atoms with Crippen LogP contribution in [-0.2, 0) is 0 Å². The van der Waals surface area contributed by atoms with Crippen LogP contribution in [0.3, 0.4) is 0 Å². The summed E-state index contributed by atoms with van der Waals surface area (Å²) in [6.45, 7) is 0.488. The van der Waals surface area contributed by atoms with Crippen molar-refractivity contribution in [2.75, 3.05) is 23.7 Å². The first kappa shape index (κ1) is 25.5. The van der Waals surface area contributed by atoms with Crippen molar-refractivity contribution in [3.63, 3.8) is 0 Å². The topological polar surface area (TPSA) is 70.7 Å². The molecule has 6 nitrogen and oxygen atoms in total. The Morgan fingerprint density at radius 3 is 2.47 bits per heavy atom. The first-order chi connectivity index (χ1) is 15.9. The number of ether oxygens (including phenoxy) is 1. The van der Waals surface area contributed by atoms with E-state index in [1.165, 1.54) is 12.1 Å². The molecule has 2 aromatic carbocycles. The molecule has 2 unspecified atom stereocenters. The van der Waals surface area contributed by atoms with E-state index < -0.39 is 64.7 Å². The number of alkyl halides is 4. The van der Waals surface area contributed by atoms with E-state index in [2.05, 4.69) is 10.6 Å². The number of carbonyl (C=O) groups excluding carboxylic acids is 2. The molecule has 0 radical (unpaired) electrons. The van der Waals surface area contributed by atoms with Crippen molar-refractivity contribution in [3.05, 3.63) is 52.6 Å². The third kappa shape index (κ3) is 5.85. The maximum atomic E-state index is 14.7. The van der Waals surface area contributed by atoms with Gasteiger partial charge >= 0.3 is 12.2 Å². The van der Waals surface area contributed by atoms with Gasteiger partial charge < -0.3 is 20.3 Å². The zero-order valence-corrected chi connectivity index (χ0v) is 18.2. The number of amides is 3. The zero-order valence-electron chi connectivity index (χ0n) is 17.5. The fraction of sp³-hybridized carbons (Fsp3) is 0.333. The molecular formula is C21H18ClF6N3O3. The van der Waals surface area contributed by atoms with Gasteiger partial charge in [-0.25, -0.2) is 18.0 Å². The summed E-state index contributed by atoms with van der Waals surface area (Å²) in [7, 11) is 0. The van der Waals surface area contributed by atoms with Crippen molar-refractivity contribution in [1.29, 1.82) is 0 Å². The average molecular weight is 510 g/mol. The minimum Gasteiger partial charge on any atom is -0.480 e. The molecule has 3 amide bonds. The number of halogens is 7. The Labute approximate surface area is 194 Å². The Morgan fingerprint density at radius 1 is 1.18 bits per heavy atom. The van der Waals surface area contributed by atoms with E-state index in [4.69, 9.17) is 16.3 Å². The van der Waals surface area contributed by atoms with Gasteiger partial charge in [-0.15, -0.1) is 0 Å². The first-order valence-electron chi connectivity index (χ1n) is 9.89. The molecule has 0 aromatic heterocycles. The number of para-hydroxylation sites is 1. The smallest absolute Gasteiger partial charge is 0.425 e. The normalized spacial score (nSPS) is 16.8. The second kappa shape index (κ2) is 10.00. The van der Waals surface area contributed by atoms with Crippen molar-refractivity contribution in [3.8, 4) is 5.75 Å². The zero-order chi connectivity index (χ0) is 25.2. The molecule has 13 heteroatoms. The van der Waals surface area contributed by atoms with Gasteiger partial charge in [0.1, 0.15) is 23.6 Å². The van der Waals surface area contributed by atoms with Crippen LogP contribution in [0.1, 0.15) is 23.7 Å². The van der Waals surface area contributed by atoms with Crippen molar-refractivity contribution in [2.45, 2.75) is 31.8 Å². The number of hydrogen-bond acceptors (Lipinski definition) is 3. The molecule has 0 bridgehead atoms. The third-order valence-electron chi connectivity index (χ3n) is 4.94. The molecule has 0 aliphatic carbocycles. The Bertz CT molecular complexity index is 1080. The molecule has 0 saturated carbocycles. The summed E-state index contributed by atoms with van der Waals surface area (Å²) in [5, 5.41) is 4.00. The maximum absolute atomic E-state index is 14.7. The summed E-state index contributed by atoms with van der Waals surface area (Å²) in [6, 6.07) is 3.82. The van der Waals surface area contributed by atoms with E-state index in [1.807, 2.05) is 0 Å². The molecule has 0 spiro atoms. The molecule has 2 aromatic rings. The minimum absolute atomic E-state index is 0.0625. The van der Waals surface area contributed by atoms with Crippen LogP contribution in [0.25, 0.3) is 0 Å². The lowest BCUT2D eigenvalue weighted by atomic mass is 10.1. The largest absolute Gasteiger partial charge is 0.480 e. The van der Waals surface area contributed by atoms with Crippen LogP contribution in [0.4, 0.5) is 42.5 Å². The molecule has 3 rings (SSSR count). The van der Waals surface area contributed by atoms with Crippen molar-refractivity contribution >= 4 is 34.9 Å². The number of hydrogen-bond donors (Lipinski definition) is 2. The molecule has 2 N–H and O–H groups in total. The highest BCUT2D eigenvalue weighted by Crippen LogP contribution is 2.33. The summed E-state index contributed by atoms with van der Waals surface area (Å²) in [5.41, 5.74) is -1.79. The van der Waals surface area contributed by atoms with Crippen molar-refractivity contribution in [1.82, 2.24) is 4.90 Å². The first-order valence-corrected chi connectivity index (χ1v) is 10.3. The second-order valence-electron chi connectivity index (χ2n) is 7.44. The van der Waals surface area contributed by atoms with Crippen LogP contribution < -0.4 is 15.4 Å². The quantitative estimate of drug-likeness (QED) is 0.502. The van der Waals surface area contributed by atoms with Crippen LogP contribution in [0, 0.1) is 11.6 Å². The molecule has 1 heterocycles. The van der Waals surface area contributed by atoms with Gasteiger partial charge in [-0.2, -0.15) is 13.2 Å². The predicted octanol–water partition coefficient (Wildman–Crippen LogP) is 5.78. The number of nitrogens with zero attached hydrogens (tertiary/aromatic N) is 1. The number of nitrogens with one attached hydrogen (secondary N) is 2. The highest BCUT2D eigenvalue weighted by molar-refractivity contribution is 6.34. The van der Waals surface area contributed by atoms with E-state index in [1.54, 1.807) is 0 Å². The van der Waals surface area contributed by atoms with Crippen LogP contribution in [0.2, 0.25) is 5.02 Å². The number of urea groups is 1. The van der Waals surface area contributed by atoms with E-state index in [0.29, 0.717) is 19.1 Å². The number of benzene rings is 2. The SMILES string of the molecule is CC(Oc1cc(NC(=O)N2CCC(F)C2)c(F)cc1C(=O)Nc1c(F)cccc1Cl)C(F)(F)F. The van der Waals surface area contributed by atoms with Gasteiger partial charge in [0, 0.05) is 12.6 Å². The summed E-state index contributed by atoms with van der Waals surface area (Å²) < 4.78 is 86.2. The predicted molar refractivity (Wildman–Crippen MR) is 112 cm³/mol. The van der Waals surface area contributed by atoms with Gasteiger partial charge in [0.05, 0.1) is 28.5 Å². The summed E-state index contributed by atoms with van der Waals surface area (Å²) in [6.07, 6.45) is -8.42. The van der Waals surface area contributed by atoms with E-state index in [9.17, 15) is 35.9 Å². The molecule has 34 heavy (non-hydrogen) atoms. The summed E-state index contributed by atoms with van der Waals surface area (Å²) in [4.78, 5) is 26.0. The molecule has 184 valence electrons. The van der Waals surface area contributed by atoms with Crippen LogP contribution >= 0.6 is 11.6 Å². The van der Waals surface area contributed by atoms with Crippen molar-refractivity contribution in [2.24, 2.45) is 0 Å². The van der Waals surface area contributed by atoms with Gasteiger partial charge in [0.2, 0.25) is 0 Å². The minimum atomic E-state index is -4.84. The van der Waals surface area contributed by atoms with Crippen LogP contribution in [0.15, 0.2) is 30.3 Å². The highest BCUT2D eigenvalue weighted by Gasteiger charge is 2.39. The van der Waals surface area contributed by atoms with Gasteiger partial charge in [-0.1, -0.05) is 17.7 Å². The van der Waals surface area contributed by atoms with E-state index >= 15 is 0 Å². The fourth-order valence-electron chi connectivity index (χ4n) is 3.08. The molecule has 1 aliphatic heterocycles. The number of rotatable bonds is 5. The Hall–Kier alpha value is -3.15. The van der Waals surface area contributed by atoms with Gasteiger partial charge in [-0.3, -0.25) is 4.79 Å². The summed E-state index contributed by atoms with van der Waals surface area (Å²) >= 11 is 5.84. The Morgan fingerprint density at radius 2 is 1.88 bits per heavy atom. The number of anilines is 2. The summed E-state index contributed by atoms with van der Waals surface area (Å²) in [5.74, 6) is -4.08. The highest BCUT2D eigenvalue weighted by atomic mass is 35.5. The lowest BCUT2D eigenvalue weighted by molar-refractivity contribution is -0.189. The van der Waals surface area contributed by atoms with Crippen molar-refractivity contribution < 1.29 is 40.7 Å². The van der Waals surface area contributed by atoms with E-state index in [-0.39, 0.29) is 24.5 Å². The van der Waals surface area contributed by atoms with Crippen LogP contribution in [-0.4, -0.2) is 48.4 Å². The standard InChI is InChI=1S/C21H18ClF6N3O3/c1-10(21(26,27)28)34-17-8-16(29-20(33)31-6-5-11(23)9-31)15(25)7-12(17)19(32)30-18-13(22)3-2-4-14(18)24/h2-4,7-8,10-11H,5-6,9H2,1H3,(H,29,33)(H,30,32). The number of carbonyl (C=O) groups is 2. The van der Waals surface area contributed by atoms with Crippen LogP contribution in [0.5, 0.6) is 5.75 Å².